The van der Waals surface area contributed by atoms with E-state index in [9.17, 15) is 0 Å². The van der Waals surface area contributed by atoms with Crippen LogP contribution in [0.5, 0.6) is 11.5 Å². The first-order chi connectivity index (χ1) is 12.2. The Morgan fingerprint density at radius 1 is 1.24 bits per heavy atom. The lowest BCUT2D eigenvalue weighted by atomic mass is 10.2. The highest BCUT2D eigenvalue weighted by molar-refractivity contribution is 5.43. The van der Waals surface area contributed by atoms with Gasteiger partial charge in [0.1, 0.15) is 12.4 Å². The van der Waals surface area contributed by atoms with Gasteiger partial charge in [-0.25, -0.2) is 0 Å². The maximum Gasteiger partial charge on any atom is 0.161 e. The van der Waals surface area contributed by atoms with E-state index in [2.05, 4.69) is 16.5 Å². The highest BCUT2D eigenvalue weighted by atomic mass is 16.5. The third kappa shape index (κ3) is 5.50. The molecule has 25 heavy (non-hydrogen) atoms. The topological polar surface area (TPSA) is 80.3 Å². The highest BCUT2D eigenvalue weighted by Crippen LogP contribution is 2.29. The van der Waals surface area contributed by atoms with Crippen LogP contribution in [0, 0.1) is 25.2 Å². The average molecular weight is 343 g/mol. The SMILES string of the molecule is COc1cc(CNCCCCC#N)ccc1OCc1c(C)noc1C. The van der Waals surface area contributed by atoms with Gasteiger partial charge in [-0.3, -0.25) is 0 Å². The molecule has 0 saturated carbocycles. The number of unbranched alkanes of at least 4 members (excludes halogenated alkanes) is 2. The second-order valence-corrected chi connectivity index (χ2v) is 5.87. The minimum atomic E-state index is 0.397. The van der Waals surface area contributed by atoms with Gasteiger partial charge in [-0.05, 0) is 50.9 Å². The number of rotatable bonds is 10. The normalized spacial score (nSPS) is 10.5. The third-order valence-corrected chi connectivity index (χ3v) is 4.00. The summed E-state index contributed by atoms with van der Waals surface area (Å²) < 4.78 is 16.5. The summed E-state index contributed by atoms with van der Waals surface area (Å²) in [5.41, 5.74) is 2.93. The van der Waals surface area contributed by atoms with Crippen LogP contribution >= 0.6 is 0 Å². The number of aryl methyl sites for hydroxylation is 2. The van der Waals surface area contributed by atoms with E-state index in [-0.39, 0.29) is 0 Å². The van der Waals surface area contributed by atoms with Gasteiger partial charge in [-0.2, -0.15) is 5.26 Å². The molecule has 2 aromatic rings. The number of nitriles is 1. The number of ether oxygens (including phenoxy) is 2. The summed E-state index contributed by atoms with van der Waals surface area (Å²) in [6, 6.07) is 8.08. The van der Waals surface area contributed by atoms with E-state index < -0.39 is 0 Å². The van der Waals surface area contributed by atoms with E-state index >= 15 is 0 Å². The minimum Gasteiger partial charge on any atom is -0.493 e. The van der Waals surface area contributed by atoms with Crippen molar-refractivity contribution in [3.8, 4) is 17.6 Å². The molecule has 1 N–H and O–H groups in total. The van der Waals surface area contributed by atoms with Gasteiger partial charge in [-0.1, -0.05) is 11.2 Å². The largest absolute Gasteiger partial charge is 0.493 e. The van der Waals surface area contributed by atoms with Gasteiger partial charge in [0.25, 0.3) is 0 Å². The smallest absolute Gasteiger partial charge is 0.161 e. The van der Waals surface area contributed by atoms with E-state index in [0.717, 1.165) is 48.5 Å². The molecule has 2 rings (SSSR count). The van der Waals surface area contributed by atoms with Crippen molar-refractivity contribution >= 4 is 0 Å². The molecule has 0 unspecified atom stereocenters. The van der Waals surface area contributed by atoms with Crippen LogP contribution in [-0.4, -0.2) is 18.8 Å². The number of methoxy groups -OCH3 is 1. The first-order valence-corrected chi connectivity index (χ1v) is 8.44. The molecule has 1 heterocycles. The first-order valence-electron chi connectivity index (χ1n) is 8.44. The molecule has 0 saturated heterocycles. The quantitative estimate of drug-likeness (QED) is 0.663. The molecular formula is C19H25N3O3. The number of hydrogen-bond acceptors (Lipinski definition) is 6. The fourth-order valence-corrected chi connectivity index (χ4v) is 2.49. The average Bonchev–Trinajstić information content (AvgIpc) is 2.94. The Bertz CT molecular complexity index is 700. The standard InChI is InChI=1S/C19H25N3O3/c1-14-17(15(2)25-22-14)13-24-18-8-7-16(11-19(18)23-3)12-21-10-6-4-5-9-20/h7-8,11,21H,4-6,10,12-13H2,1-3H3. The van der Waals surface area contributed by atoms with Crippen molar-refractivity contribution in [1.82, 2.24) is 10.5 Å². The molecule has 0 fully saturated rings. The van der Waals surface area contributed by atoms with Crippen molar-refractivity contribution in [1.29, 1.82) is 5.26 Å². The zero-order valence-corrected chi connectivity index (χ0v) is 15.1. The van der Waals surface area contributed by atoms with Crippen molar-refractivity contribution < 1.29 is 14.0 Å². The van der Waals surface area contributed by atoms with E-state index in [1.807, 2.05) is 32.0 Å². The van der Waals surface area contributed by atoms with Gasteiger partial charge in [-0.15, -0.1) is 0 Å². The zero-order valence-electron chi connectivity index (χ0n) is 15.1. The molecule has 0 radical (unpaired) electrons. The number of aromatic nitrogens is 1. The molecule has 0 aliphatic heterocycles. The van der Waals surface area contributed by atoms with Crippen molar-refractivity contribution in [3.05, 3.63) is 40.8 Å². The Morgan fingerprint density at radius 2 is 2.08 bits per heavy atom. The Kier molecular flexibility index (Phi) is 7.30. The monoisotopic (exact) mass is 343 g/mol. The number of hydrogen-bond donors (Lipinski definition) is 1. The van der Waals surface area contributed by atoms with Crippen LogP contribution in [0.2, 0.25) is 0 Å². The van der Waals surface area contributed by atoms with E-state index in [1.165, 1.54) is 0 Å². The van der Waals surface area contributed by atoms with Crippen LogP contribution in [0.1, 0.15) is 41.8 Å². The van der Waals surface area contributed by atoms with Crippen molar-refractivity contribution in [2.24, 2.45) is 0 Å². The molecule has 6 heteroatoms. The van der Waals surface area contributed by atoms with Crippen molar-refractivity contribution in [3.63, 3.8) is 0 Å². The minimum absolute atomic E-state index is 0.397. The Labute approximate surface area is 148 Å². The maximum absolute atomic E-state index is 8.51. The van der Waals surface area contributed by atoms with Gasteiger partial charge in [0.05, 0.1) is 24.4 Å². The summed E-state index contributed by atoms with van der Waals surface area (Å²) >= 11 is 0. The lowest BCUT2D eigenvalue weighted by Crippen LogP contribution is -2.14. The molecule has 0 aliphatic carbocycles. The number of nitrogens with zero attached hydrogens (tertiary/aromatic N) is 2. The summed E-state index contributed by atoms with van der Waals surface area (Å²) in [6.45, 7) is 5.83. The lowest BCUT2D eigenvalue weighted by Gasteiger charge is -2.12. The van der Waals surface area contributed by atoms with Crippen LogP contribution < -0.4 is 14.8 Å². The van der Waals surface area contributed by atoms with Crippen LogP contribution in [-0.2, 0) is 13.2 Å². The molecule has 0 aliphatic rings. The second-order valence-electron chi connectivity index (χ2n) is 5.87. The number of nitrogens with one attached hydrogen (secondary N) is 1. The third-order valence-electron chi connectivity index (χ3n) is 4.00. The van der Waals surface area contributed by atoms with Crippen LogP contribution in [0.3, 0.4) is 0 Å². The van der Waals surface area contributed by atoms with Crippen LogP contribution in [0.15, 0.2) is 22.7 Å². The van der Waals surface area contributed by atoms with E-state index in [4.69, 9.17) is 19.3 Å². The fourth-order valence-electron chi connectivity index (χ4n) is 2.49. The van der Waals surface area contributed by atoms with Gasteiger partial charge in [0.2, 0.25) is 0 Å². The van der Waals surface area contributed by atoms with Crippen molar-refractivity contribution in [2.45, 2.75) is 46.3 Å². The van der Waals surface area contributed by atoms with E-state index in [0.29, 0.717) is 24.5 Å². The lowest BCUT2D eigenvalue weighted by molar-refractivity contribution is 0.281. The molecule has 6 nitrogen and oxygen atoms in total. The first kappa shape index (κ1) is 18.8. The Morgan fingerprint density at radius 3 is 2.76 bits per heavy atom. The van der Waals surface area contributed by atoms with Crippen LogP contribution in [0.4, 0.5) is 0 Å². The molecule has 0 spiro atoms. The van der Waals surface area contributed by atoms with Crippen LogP contribution in [0.25, 0.3) is 0 Å². The molecule has 1 aromatic heterocycles. The highest BCUT2D eigenvalue weighted by Gasteiger charge is 2.12. The summed E-state index contributed by atoms with van der Waals surface area (Å²) in [6.07, 6.45) is 2.55. The summed E-state index contributed by atoms with van der Waals surface area (Å²) in [7, 11) is 1.64. The summed E-state index contributed by atoms with van der Waals surface area (Å²) in [5, 5.41) is 15.8. The van der Waals surface area contributed by atoms with E-state index in [1.54, 1.807) is 7.11 Å². The van der Waals surface area contributed by atoms with Gasteiger partial charge >= 0.3 is 0 Å². The molecular weight excluding hydrogens is 318 g/mol. The number of benzene rings is 1. The molecule has 134 valence electrons. The molecule has 0 bridgehead atoms. The fraction of sp³-hybridized carbons (Fsp3) is 0.474. The Hall–Kier alpha value is -2.52. The van der Waals surface area contributed by atoms with Gasteiger partial charge in [0.15, 0.2) is 11.5 Å². The molecule has 0 atom stereocenters. The zero-order chi connectivity index (χ0) is 18.1. The van der Waals surface area contributed by atoms with Gasteiger partial charge in [0, 0.05) is 13.0 Å². The predicted octanol–water partition coefficient (Wildman–Crippen LogP) is 3.66. The summed E-state index contributed by atoms with van der Waals surface area (Å²) in [4.78, 5) is 0. The van der Waals surface area contributed by atoms with Crippen molar-refractivity contribution in [2.75, 3.05) is 13.7 Å². The molecule has 0 amide bonds. The molecule has 1 aromatic carbocycles. The van der Waals surface area contributed by atoms with Gasteiger partial charge < -0.3 is 19.3 Å². The maximum atomic E-state index is 8.51. The second kappa shape index (κ2) is 9.70. The Balaban J connectivity index is 1.89. The predicted molar refractivity (Wildman–Crippen MR) is 94.5 cm³/mol. The summed E-state index contributed by atoms with van der Waals surface area (Å²) in [5.74, 6) is 2.17.